The van der Waals surface area contributed by atoms with E-state index in [4.69, 9.17) is 4.74 Å². The second-order valence-corrected chi connectivity index (χ2v) is 6.38. The van der Waals surface area contributed by atoms with Gasteiger partial charge >= 0.3 is 0 Å². The molecule has 1 heterocycles. The SMILES string of the molecule is CNC(=O)Cc1nc(-c2ccc(OC)cc2)cc(C(C)(C)C)n1. The van der Waals surface area contributed by atoms with Crippen LogP contribution in [-0.4, -0.2) is 30.0 Å². The molecule has 5 nitrogen and oxygen atoms in total. The summed E-state index contributed by atoms with van der Waals surface area (Å²) in [5.41, 5.74) is 2.57. The molecule has 0 saturated heterocycles. The largest absolute Gasteiger partial charge is 0.497 e. The molecule has 0 saturated carbocycles. The first kappa shape index (κ1) is 16.9. The normalized spacial score (nSPS) is 11.2. The van der Waals surface area contributed by atoms with Crippen molar-refractivity contribution < 1.29 is 9.53 Å². The van der Waals surface area contributed by atoms with E-state index in [-0.39, 0.29) is 17.7 Å². The van der Waals surface area contributed by atoms with E-state index in [1.165, 1.54) is 0 Å². The molecule has 2 aromatic rings. The smallest absolute Gasteiger partial charge is 0.227 e. The van der Waals surface area contributed by atoms with E-state index in [1.54, 1.807) is 14.2 Å². The van der Waals surface area contributed by atoms with Crippen molar-refractivity contribution in [3.8, 4) is 17.0 Å². The molecule has 0 spiro atoms. The number of amides is 1. The first-order chi connectivity index (χ1) is 10.8. The molecule has 0 radical (unpaired) electrons. The zero-order valence-corrected chi connectivity index (χ0v) is 14.3. The predicted octanol–water partition coefficient (Wildman–Crippen LogP) is 2.74. The van der Waals surface area contributed by atoms with Gasteiger partial charge in [-0.2, -0.15) is 0 Å². The fraction of sp³-hybridized carbons (Fsp3) is 0.389. The monoisotopic (exact) mass is 313 g/mol. The summed E-state index contributed by atoms with van der Waals surface area (Å²) >= 11 is 0. The minimum absolute atomic E-state index is 0.100. The highest BCUT2D eigenvalue weighted by Gasteiger charge is 2.19. The molecule has 0 aliphatic rings. The zero-order valence-electron chi connectivity index (χ0n) is 14.3. The predicted molar refractivity (Wildman–Crippen MR) is 90.5 cm³/mol. The van der Waals surface area contributed by atoms with E-state index in [9.17, 15) is 4.79 Å². The summed E-state index contributed by atoms with van der Waals surface area (Å²) in [4.78, 5) is 20.8. The van der Waals surface area contributed by atoms with Crippen molar-refractivity contribution in [1.82, 2.24) is 15.3 Å². The highest BCUT2D eigenvalue weighted by Crippen LogP contribution is 2.26. The lowest BCUT2D eigenvalue weighted by atomic mass is 9.91. The van der Waals surface area contributed by atoms with Gasteiger partial charge < -0.3 is 10.1 Å². The summed E-state index contributed by atoms with van der Waals surface area (Å²) in [5.74, 6) is 1.23. The molecule has 0 atom stereocenters. The lowest BCUT2D eigenvalue weighted by Gasteiger charge is -2.19. The fourth-order valence-electron chi connectivity index (χ4n) is 2.10. The number of benzene rings is 1. The Morgan fingerprint density at radius 1 is 1.17 bits per heavy atom. The molecule has 1 aromatic carbocycles. The van der Waals surface area contributed by atoms with Crippen molar-refractivity contribution in [2.45, 2.75) is 32.6 Å². The minimum atomic E-state index is -0.123. The van der Waals surface area contributed by atoms with Crippen LogP contribution in [0.25, 0.3) is 11.3 Å². The summed E-state index contributed by atoms with van der Waals surface area (Å²) in [7, 11) is 3.25. The number of nitrogens with zero attached hydrogens (tertiary/aromatic N) is 2. The van der Waals surface area contributed by atoms with E-state index in [2.05, 4.69) is 36.1 Å². The van der Waals surface area contributed by atoms with Crippen LogP contribution >= 0.6 is 0 Å². The zero-order chi connectivity index (χ0) is 17.0. The third kappa shape index (κ3) is 4.28. The van der Waals surface area contributed by atoms with Crippen LogP contribution in [0.4, 0.5) is 0 Å². The van der Waals surface area contributed by atoms with Gasteiger partial charge in [0, 0.05) is 18.0 Å². The molecule has 0 aliphatic heterocycles. The van der Waals surface area contributed by atoms with Crippen LogP contribution < -0.4 is 10.1 Å². The van der Waals surface area contributed by atoms with Crippen molar-refractivity contribution in [3.63, 3.8) is 0 Å². The summed E-state index contributed by atoms with van der Waals surface area (Å²) in [5, 5.41) is 2.61. The molecular formula is C18H23N3O2. The lowest BCUT2D eigenvalue weighted by Crippen LogP contribution is -2.23. The maximum Gasteiger partial charge on any atom is 0.227 e. The molecule has 23 heavy (non-hydrogen) atoms. The van der Waals surface area contributed by atoms with E-state index < -0.39 is 0 Å². The highest BCUT2D eigenvalue weighted by molar-refractivity contribution is 5.77. The van der Waals surface area contributed by atoms with E-state index in [0.29, 0.717) is 5.82 Å². The molecular weight excluding hydrogens is 290 g/mol. The van der Waals surface area contributed by atoms with Crippen LogP contribution in [0.5, 0.6) is 5.75 Å². The molecule has 1 N–H and O–H groups in total. The van der Waals surface area contributed by atoms with E-state index >= 15 is 0 Å². The number of likely N-dealkylation sites (N-methyl/N-ethyl adjacent to an activating group) is 1. The van der Waals surface area contributed by atoms with Gasteiger partial charge in [0.05, 0.1) is 24.9 Å². The Bertz CT molecular complexity index is 688. The van der Waals surface area contributed by atoms with Crippen molar-refractivity contribution >= 4 is 5.91 Å². The van der Waals surface area contributed by atoms with Gasteiger partial charge in [0.25, 0.3) is 0 Å². The summed E-state index contributed by atoms with van der Waals surface area (Å²) < 4.78 is 5.19. The summed E-state index contributed by atoms with van der Waals surface area (Å²) in [6, 6.07) is 9.68. The van der Waals surface area contributed by atoms with Crippen molar-refractivity contribution in [3.05, 3.63) is 41.9 Å². The molecule has 0 unspecified atom stereocenters. The summed E-state index contributed by atoms with van der Waals surface area (Å²) in [6.07, 6.45) is 0.170. The number of rotatable bonds is 4. The Morgan fingerprint density at radius 2 is 1.83 bits per heavy atom. The fourth-order valence-corrected chi connectivity index (χ4v) is 2.10. The highest BCUT2D eigenvalue weighted by atomic mass is 16.5. The Morgan fingerprint density at radius 3 is 2.35 bits per heavy atom. The van der Waals surface area contributed by atoms with Gasteiger partial charge in [-0.15, -0.1) is 0 Å². The first-order valence-corrected chi connectivity index (χ1v) is 7.57. The van der Waals surface area contributed by atoms with Crippen LogP contribution in [0, 0.1) is 0 Å². The molecule has 0 aliphatic carbocycles. The molecule has 1 aromatic heterocycles. The number of carbonyl (C=O) groups excluding carboxylic acids is 1. The van der Waals surface area contributed by atoms with E-state index in [1.807, 2.05) is 30.3 Å². The molecule has 1 amide bonds. The van der Waals surface area contributed by atoms with Gasteiger partial charge in [0.2, 0.25) is 5.91 Å². The number of aromatic nitrogens is 2. The Balaban J connectivity index is 2.48. The van der Waals surface area contributed by atoms with Gasteiger partial charge in [-0.1, -0.05) is 20.8 Å². The van der Waals surface area contributed by atoms with Crippen molar-refractivity contribution in [2.75, 3.05) is 14.2 Å². The molecule has 2 rings (SSSR count). The average Bonchev–Trinajstić information content (AvgIpc) is 2.53. The van der Waals surface area contributed by atoms with Gasteiger partial charge in [0.15, 0.2) is 0 Å². The topological polar surface area (TPSA) is 64.1 Å². The lowest BCUT2D eigenvalue weighted by molar-refractivity contribution is -0.120. The number of carbonyl (C=O) groups is 1. The van der Waals surface area contributed by atoms with Crippen LogP contribution in [0.3, 0.4) is 0 Å². The maximum atomic E-state index is 11.7. The third-order valence-electron chi connectivity index (χ3n) is 3.52. The Hall–Kier alpha value is -2.43. The third-order valence-corrected chi connectivity index (χ3v) is 3.52. The number of ether oxygens (including phenoxy) is 1. The van der Waals surface area contributed by atoms with Crippen molar-refractivity contribution in [2.24, 2.45) is 0 Å². The second-order valence-electron chi connectivity index (χ2n) is 6.38. The van der Waals surface area contributed by atoms with Gasteiger partial charge in [-0.3, -0.25) is 4.79 Å². The average molecular weight is 313 g/mol. The molecule has 0 bridgehead atoms. The van der Waals surface area contributed by atoms with Gasteiger partial charge in [0.1, 0.15) is 11.6 Å². The number of nitrogens with one attached hydrogen (secondary N) is 1. The molecule has 5 heteroatoms. The van der Waals surface area contributed by atoms with Crippen LogP contribution in [0.2, 0.25) is 0 Å². The van der Waals surface area contributed by atoms with E-state index in [0.717, 1.165) is 22.7 Å². The Labute approximate surface area is 137 Å². The first-order valence-electron chi connectivity index (χ1n) is 7.57. The summed E-state index contributed by atoms with van der Waals surface area (Å²) in [6.45, 7) is 6.28. The van der Waals surface area contributed by atoms with Crippen LogP contribution in [0.1, 0.15) is 32.3 Å². The van der Waals surface area contributed by atoms with Crippen LogP contribution in [0.15, 0.2) is 30.3 Å². The molecule has 122 valence electrons. The quantitative estimate of drug-likeness (QED) is 0.942. The number of methoxy groups -OCH3 is 1. The van der Waals surface area contributed by atoms with Gasteiger partial charge in [-0.25, -0.2) is 9.97 Å². The molecule has 0 fully saturated rings. The van der Waals surface area contributed by atoms with Crippen molar-refractivity contribution in [1.29, 1.82) is 0 Å². The maximum absolute atomic E-state index is 11.7. The van der Waals surface area contributed by atoms with Crippen LogP contribution in [-0.2, 0) is 16.6 Å². The number of hydrogen-bond donors (Lipinski definition) is 1. The standard InChI is InChI=1S/C18H23N3O2/c1-18(2,3)15-10-14(12-6-8-13(23-5)9-7-12)20-16(21-15)11-17(22)19-4/h6-10H,11H2,1-5H3,(H,19,22). The number of hydrogen-bond acceptors (Lipinski definition) is 4. The van der Waals surface area contributed by atoms with Gasteiger partial charge in [-0.05, 0) is 30.3 Å². The Kier molecular flexibility index (Phi) is 4.98. The second kappa shape index (κ2) is 6.77. The minimum Gasteiger partial charge on any atom is -0.497 e.